The van der Waals surface area contributed by atoms with Crippen LogP contribution >= 0.6 is 11.6 Å². The molecule has 0 saturated heterocycles. The number of nitro groups is 1. The van der Waals surface area contributed by atoms with E-state index in [2.05, 4.69) is 11.4 Å². The van der Waals surface area contributed by atoms with Gasteiger partial charge >= 0.3 is 0 Å². The summed E-state index contributed by atoms with van der Waals surface area (Å²) < 4.78 is 11.4. The molecule has 0 fully saturated rings. The number of nitrogens with zero attached hydrogens (tertiary/aromatic N) is 2. The minimum Gasteiger partial charge on any atom is -0.490 e. The number of carbonyl (C=O) groups is 1. The van der Waals surface area contributed by atoms with E-state index in [0.29, 0.717) is 29.2 Å². The third kappa shape index (κ3) is 6.62. The summed E-state index contributed by atoms with van der Waals surface area (Å²) in [5, 5.41) is 23.6. The number of rotatable bonds is 9. The summed E-state index contributed by atoms with van der Waals surface area (Å²) in [6, 6.07) is 16.8. The maximum atomic E-state index is 12.5. The van der Waals surface area contributed by atoms with Gasteiger partial charge in [0, 0.05) is 17.8 Å². The van der Waals surface area contributed by atoms with E-state index in [1.807, 2.05) is 32.0 Å². The molecule has 1 N–H and O–H groups in total. The van der Waals surface area contributed by atoms with Gasteiger partial charge in [-0.05, 0) is 79.4 Å². The lowest BCUT2D eigenvalue weighted by atomic mass is 10.0. The zero-order valence-corrected chi connectivity index (χ0v) is 20.8. The highest BCUT2D eigenvalue weighted by Gasteiger charge is 2.15. The summed E-state index contributed by atoms with van der Waals surface area (Å²) >= 11 is 6.46. The Morgan fingerprint density at radius 2 is 1.86 bits per heavy atom. The maximum Gasteiger partial charge on any atom is 0.269 e. The lowest BCUT2D eigenvalue weighted by molar-refractivity contribution is -0.384. The van der Waals surface area contributed by atoms with Crippen LogP contribution in [0.1, 0.15) is 29.2 Å². The highest BCUT2D eigenvalue weighted by molar-refractivity contribution is 6.32. The fraction of sp³-hybridized carbons (Fsp3) is 0.185. The molecule has 0 atom stereocenters. The molecule has 36 heavy (non-hydrogen) atoms. The first-order valence-corrected chi connectivity index (χ1v) is 11.4. The average Bonchev–Trinajstić information content (AvgIpc) is 2.84. The van der Waals surface area contributed by atoms with Crippen molar-refractivity contribution in [2.24, 2.45) is 0 Å². The van der Waals surface area contributed by atoms with Crippen LogP contribution in [0.5, 0.6) is 11.5 Å². The summed E-state index contributed by atoms with van der Waals surface area (Å²) in [5.74, 6) is 0.175. The summed E-state index contributed by atoms with van der Waals surface area (Å²) in [4.78, 5) is 22.9. The van der Waals surface area contributed by atoms with Gasteiger partial charge in [-0.3, -0.25) is 14.9 Å². The molecule has 9 heteroatoms. The number of ether oxygens (including phenoxy) is 2. The van der Waals surface area contributed by atoms with Gasteiger partial charge in [-0.25, -0.2) is 0 Å². The van der Waals surface area contributed by atoms with Crippen LogP contribution in [-0.4, -0.2) is 24.0 Å². The second-order valence-electron chi connectivity index (χ2n) is 7.89. The van der Waals surface area contributed by atoms with E-state index in [-0.39, 0.29) is 34.5 Å². The van der Waals surface area contributed by atoms with Crippen molar-refractivity contribution in [3.63, 3.8) is 0 Å². The molecule has 0 heterocycles. The lowest BCUT2D eigenvalue weighted by Gasteiger charge is -2.15. The number of hydrogen-bond donors (Lipinski definition) is 1. The molecular formula is C27H24ClN3O5. The van der Waals surface area contributed by atoms with Crippen LogP contribution in [0, 0.1) is 35.3 Å². The molecule has 3 aromatic rings. The van der Waals surface area contributed by atoms with Crippen molar-refractivity contribution in [3.8, 4) is 17.6 Å². The fourth-order valence-electron chi connectivity index (χ4n) is 3.38. The largest absolute Gasteiger partial charge is 0.490 e. The second kappa shape index (κ2) is 11.9. The molecule has 0 aliphatic heterocycles. The van der Waals surface area contributed by atoms with Crippen molar-refractivity contribution in [3.05, 3.63) is 92.0 Å². The zero-order valence-electron chi connectivity index (χ0n) is 20.0. The number of benzene rings is 3. The van der Waals surface area contributed by atoms with E-state index < -0.39 is 4.92 Å². The molecule has 0 saturated carbocycles. The number of halogens is 1. The van der Waals surface area contributed by atoms with Gasteiger partial charge in [-0.1, -0.05) is 23.7 Å². The molecule has 0 aromatic heterocycles. The van der Waals surface area contributed by atoms with E-state index in [9.17, 15) is 20.2 Å². The lowest BCUT2D eigenvalue weighted by Crippen LogP contribution is -2.21. The van der Waals surface area contributed by atoms with E-state index in [4.69, 9.17) is 21.1 Å². The number of allylic oxidation sites excluding steroid dienone is 1. The number of non-ortho nitro benzene ring substituents is 1. The Morgan fingerprint density at radius 1 is 1.14 bits per heavy atom. The van der Waals surface area contributed by atoms with Crippen molar-refractivity contribution >= 4 is 40.5 Å². The third-order valence-corrected chi connectivity index (χ3v) is 5.45. The molecule has 3 rings (SSSR count). The summed E-state index contributed by atoms with van der Waals surface area (Å²) in [7, 11) is 0. The smallest absolute Gasteiger partial charge is 0.269 e. The summed E-state index contributed by atoms with van der Waals surface area (Å²) in [5.41, 5.74) is 3.94. The van der Waals surface area contributed by atoms with Gasteiger partial charge in [0.1, 0.15) is 0 Å². The van der Waals surface area contributed by atoms with Crippen molar-refractivity contribution in [2.75, 3.05) is 18.5 Å². The predicted octanol–water partition coefficient (Wildman–Crippen LogP) is 6.35. The standard InChI is InChI=1S/C27H24ClN3O5/c1-4-35-25-14-19(12-21(15-29)20-7-9-22(10-8-20)31(33)34)13-23(28)27(25)36-16-26(32)30-24-11-17(2)5-6-18(24)3/h5-14H,4,16H2,1-3H3,(H,30,32)/b21-12+. The quantitative estimate of drug-likeness (QED) is 0.157. The topological polar surface area (TPSA) is 114 Å². The van der Waals surface area contributed by atoms with E-state index in [1.54, 1.807) is 25.1 Å². The molecule has 8 nitrogen and oxygen atoms in total. The average molecular weight is 506 g/mol. The van der Waals surface area contributed by atoms with Crippen LogP contribution in [-0.2, 0) is 4.79 Å². The molecule has 0 aliphatic rings. The third-order valence-electron chi connectivity index (χ3n) is 5.17. The number of anilines is 1. The molecule has 1 amide bonds. The van der Waals surface area contributed by atoms with Gasteiger partial charge in [0.2, 0.25) is 0 Å². The van der Waals surface area contributed by atoms with Crippen LogP contribution < -0.4 is 14.8 Å². The molecule has 3 aromatic carbocycles. The Balaban J connectivity index is 1.82. The Kier molecular flexibility index (Phi) is 8.66. The van der Waals surface area contributed by atoms with Gasteiger partial charge < -0.3 is 14.8 Å². The van der Waals surface area contributed by atoms with Gasteiger partial charge in [-0.15, -0.1) is 0 Å². The zero-order chi connectivity index (χ0) is 26.2. The first kappa shape index (κ1) is 26.3. The monoisotopic (exact) mass is 505 g/mol. The van der Waals surface area contributed by atoms with Crippen LogP contribution in [0.3, 0.4) is 0 Å². The predicted molar refractivity (Wildman–Crippen MR) is 139 cm³/mol. The first-order chi connectivity index (χ1) is 17.2. The number of nitriles is 1. The minimum atomic E-state index is -0.505. The van der Waals surface area contributed by atoms with Crippen LogP contribution in [0.2, 0.25) is 5.02 Å². The molecule has 0 aliphatic carbocycles. The van der Waals surface area contributed by atoms with E-state index in [0.717, 1.165) is 11.1 Å². The molecule has 0 unspecified atom stereocenters. The van der Waals surface area contributed by atoms with Crippen LogP contribution in [0.25, 0.3) is 11.6 Å². The normalized spacial score (nSPS) is 10.9. The van der Waals surface area contributed by atoms with Crippen LogP contribution in [0.15, 0.2) is 54.6 Å². The molecule has 0 bridgehead atoms. The first-order valence-electron chi connectivity index (χ1n) is 11.0. The van der Waals surface area contributed by atoms with Gasteiger partial charge in [0.15, 0.2) is 18.1 Å². The molecule has 184 valence electrons. The van der Waals surface area contributed by atoms with E-state index >= 15 is 0 Å². The van der Waals surface area contributed by atoms with Gasteiger partial charge in [0.05, 0.1) is 28.2 Å². The van der Waals surface area contributed by atoms with Gasteiger partial charge in [0.25, 0.3) is 11.6 Å². The fourth-order valence-corrected chi connectivity index (χ4v) is 3.65. The number of amides is 1. The summed E-state index contributed by atoms with van der Waals surface area (Å²) in [6.45, 7) is 5.68. The molecule has 0 spiro atoms. The second-order valence-corrected chi connectivity index (χ2v) is 8.30. The Morgan fingerprint density at radius 3 is 2.50 bits per heavy atom. The molecular weight excluding hydrogens is 482 g/mol. The SMILES string of the molecule is CCOc1cc(/C=C(\C#N)c2ccc([N+](=O)[O-])cc2)cc(Cl)c1OCC(=O)Nc1cc(C)ccc1C. The number of nitrogens with one attached hydrogen (secondary N) is 1. The molecule has 0 radical (unpaired) electrons. The van der Waals surface area contributed by atoms with Crippen molar-refractivity contribution in [1.29, 1.82) is 5.26 Å². The maximum absolute atomic E-state index is 12.5. The number of carbonyl (C=O) groups excluding carboxylic acids is 1. The Labute approximate surface area is 213 Å². The van der Waals surface area contributed by atoms with Crippen molar-refractivity contribution in [2.45, 2.75) is 20.8 Å². The van der Waals surface area contributed by atoms with Gasteiger partial charge in [-0.2, -0.15) is 5.26 Å². The highest BCUT2D eigenvalue weighted by atomic mass is 35.5. The van der Waals surface area contributed by atoms with Crippen molar-refractivity contribution < 1.29 is 19.2 Å². The van der Waals surface area contributed by atoms with Crippen LogP contribution in [0.4, 0.5) is 11.4 Å². The number of nitro benzene ring substituents is 1. The van der Waals surface area contributed by atoms with E-state index in [1.165, 1.54) is 24.3 Å². The summed E-state index contributed by atoms with van der Waals surface area (Å²) in [6.07, 6.45) is 1.59. The van der Waals surface area contributed by atoms with Crippen molar-refractivity contribution in [1.82, 2.24) is 0 Å². The minimum absolute atomic E-state index is 0.0687. The Bertz CT molecular complexity index is 1360. The number of aryl methyl sites for hydroxylation is 2. The highest BCUT2D eigenvalue weighted by Crippen LogP contribution is 2.38. The Hall–Kier alpha value is -4.35. The number of hydrogen-bond acceptors (Lipinski definition) is 6.